The van der Waals surface area contributed by atoms with E-state index in [-0.39, 0.29) is 17.9 Å². The molecule has 196 valence electrons. The fraction of sp³-hybridized carbons (Fsp3) is 0.387. The number of likely N-dealkylation sites (tertiary alicyclic amines) is 1. The first-order valence-corrected chi connectivity index (χ1v) is 14.0. The number of piperidine rings is 2. The van der Waals surface area contributed by atoms with Crippen LogP contribution in [-0.4, -0.2) is 47.9 Å². The molecule has 6 rings (SSSR count). The molecule has 6 nitrogen and oxygen atoms in total. The van der Waals surface area contributed by atoms with Gasteiger partial charge in [-0.25, -0.2) is 0 Å². The van der Waals surface area contributed by atoms with Crippen molar-refractivity contribution in [3.05, 3.63) is 94.3 Å². The van der Waals surface area contributed by atoms with Crippen LogP contribution in [0.1, 0.15) is 70.0 Å². The Balaban J connectivity index is 1.05. The van der Waals surface area contributed by atoms with E-state index in [4.69, 9.17) is 11.6 Å². The van der Waals surface area contributed by atoms with Crippen molar-refractivity contribution in [2.45, 2.75) is 44.6 Å². The number of hydrogen-bond donors (Lipinski definition) is 1. The number of pyridine rings is 1. The Morgan fingerprint density at radius 2 is 1.63 bits per heavy atom. The highest BCUT2D eigenvalue weighted by Crippen LogP contribution is 2.42. The van der Waals surface area contributed by atoms with Gasteiger partial charge in [-0.2, -0.15) is 0 Å². The minimum atomic E-state index is -0.164. The molecule has 2 saturated heterocycles. The van der Waals surface area contributed by atoms with Gasteiger partial charge in [0.1, 0.15) is 0 Å². The Morgan fingerprint density at radius 3 is 2.37 bits per heavy atom. The topological polar surface area (TPSA) is 65.5 Å². The predicted octanol–water partition coefficient (Wildman–Crippen LogP) is 5.68. The summed E-state index contributed by atoms with van der Waals surface area (Å²) >= 11 is 6.21. The van der Waals surface area contributed by atoms with Gasteiger partial charge in [0.05, 0.1) is 16.6 Å². The van der Waals surface area contributed by atoms with Crippen LogP contribution in [0.5, 0.6) is 0 Å². The lowest BCUT2D eigenvalue weighted by molar-refractivity contribution is 0.0515. The monoisotopic (exact) mass is 528 g/mol. The Morgan fingerprint density at radius 1 is 0.921 bits per heavy atom. The number of aromatic nitrogens is 1. The minimum absolute atomic E-state index is 0.0641. The molecule has 1 atom stereocenters. The third-order valence-corrected chi connectivity index (χ3v) is 9.18. The highest BCUT2D eigenvalue weighted by Gasteiger charge is 2.39. The molecule has 0 saturated carbocycles. The molecule has 3 aromatic rings. The number of nitrogens with zero attached hydrogens (tertiary/aromatic N) is 3. The SMILES string of the molecule is O=C(N[C@@H]1CCc2cc(C(=O)N3CCC4(CC3)CCN(c3ccncc3)CC4)ccc21)c1ccccc1Cl. The number of carbonyl (C=O) groups excluding carboxylic acids is 2. The third kappa shape index (κ3) is 4.90. The summed E-state index contributed by atoms with van der Waals surface area (Å²) < 4.78 is 0. The number of fused-ring (bicyclic) bond motifs is 1. The molecule has 2 aromatic carbocycles. The molecule has 7 heteroatoms. The van der Waals surface area contributed by atoms with Crippen LogP contribution in [0.3, 0.4) is 0 Å². The molecule has 0 radical (unpaired) electrons. The number of aryl methyl sites for hydroxylation is 1. The molecule has 3 aliphatic rings. The molecule has 2 aliphatic heterocycles. The lowest BCUT2D eigenvalue weighted by Crippen LogP contribution is -2.48. The van der Waals surface area contributed by atoms with Crippen LogP contribution < -0.4 is 10.2 Å². The Kier molecular flexibility index (Phi) is 6.83. The second-order valence-electron chi connectivity index (χ2n) is 10.9. The van der Waals surface area contributed by atoms with Gasteiger partial charge in [-0.05, 0) is 91.5 Å². The molecule has 3 heterocycles. The van der Waals surface area contributed by atoms with E-state index < -0.39 is 0 Å². The third-order valence-electron chi connectivity index (χ3n) is 8.85. The first kappa shape index (κ1) is 24.9. The molecular formula is C31H33ClN4O2. The van der Waals surface area contributed by atoms with Gasteiger partial charge in [0.2, 0.25) is 0 Å². The molecule has 1 N–H and O–H groups in total. The summed E-state index contributed by atoms with van der Waals surface area (Å²) in [6.07, 6.45) is 9.90. The number of nitrogens with one attached hydrogen (secondary N) is 1. The van der Waals surface area contributed by atoms with E-state index in [1.807, 2.05) is 47.6 Å². The largest absolute Gasteiger partial charge is 0.371 e. The van der Waals surface area contributed by atoms with Crippen LogP contribution in [-0.2, 0) is 6.42 Å². The maximum atomic E-state index is 13.4. The zero-order valence-electron chi connectivity index (χ0n) is 21.5. The normalized spacial score (nSPS) is 20.3. The second-order valence-corrected chi connectivity index (χ2v) is 11.4. The van der Waals surface area contributed by atoms with Crippen molar-refractivity contribution in [1.29, 1.82) is 0 Å². The van der Waals surface area contributed by atoms with Crippen molar-refractivity contribution in [3.63, 3.8) is 0 Å². The molecule has 2 amide bonds. The van der Waals surface area contributed by atoms with Crippen molar-refractivity contribution in [1.82, 2.24) is 15.2 Å². The number of carbonyl (C=O) groups is 2. The van der Waals surface area contributed by atoms with E-state index >= 15 is 0 Å². The molecule has 38 heavy (non-hydrogen) atoms. The summed E-state index contributed by atoms with van der Waals surface area (Å²) in [4.78, 5) is 34.8. The van der Waals surface area contributed by atoms with Crippen molar-refractivity contribution >= 4 is 29.1 Å². The lowest BCUT2D eigenvalue weighted by Gasteiger charge is -2.47. The quantitative estimate of drug-likeness (QED) is 0.473. The molecule has 0 bridgehead atoms. The average molecular weight is 529 g/mol. The van der Waals surface area contributed by atoms with E-state index in [9.17, 15) is 9.59 Å². The maximum absolute atomic E-state index is 13.4. The van der Waals surface area contributed by atoms with Gasteiger partial charge in [0.25, 0.3) is 11.8 Å². The number of benzene rings is 2. The van der Waals surface area contributed by atoms with E-state index in [0.29, 0.717) is 16.0 Å². The van der Waals surface area contributed by atoms with Gasteiger partial charge in [-0.15, -0.1) is 0 Å². The minimum Gasteiger partial charge on any atom is -0.371 e. The standard InChI is InChI=1S/C31H33ClN4O2/c32-27-4-2-1-3-26(27)29(37)34-28-8-6-22-21-23(5-7-25(22)28)30(38)36-19-13-31(14-20-36)11-17-35(18-12-31)24-9-15-33-16-10-24/h1-5,7,9-10,15-16,21,28H,6,8,11-14,17-20H2,(H,34,37)/t28-/m1/s1. The zero-order valence-corrected chi connectivity index (χ0v) is 22.3. The van der Waals surface area contributed by atoms with E-state index in [0.717, 1.165) is 68.6 Å². The number of hydrogen-bond acceptors (Lipinski definition) is 4. The van der Waals surface area contributed by atoms with Gasteiger partial charge >= 0.3 is 0 Å². The zero-order chi connectivity index (χ0) is 26.1. The Hall–Kier alpha value is -3.38. The Bertz CT molecular complexity index is 1330. The fourth-order valence-electron chi connectivity index (χ4n) is 6.44. The summed E-state index contributed by atoms with van der Waals surface area (Å²) in [6, 6.07) is 17.2. The van der Waals surface area contributed by atoms with Gasteiger partial charge in [0, 0.05) is 49.8 Å². The van der Waals surface area contributed by atoms with Crippen LogP contribution in [0.4, 0.5) is 5.69 Å². The predicted molar refractivity (Wildman–Crippen MR) is 150 cm³/mol. The smallest absolute Gasteiger partial charge is 0.253 e. The summed E-state index contributed by atoms with van der Waals surface area (Å²) in [7, 11) is 0. The van der Waals surface area contributed by atoms with Crippen molar-refractivity contribution in [2.75, 3.05) is 31.1 Å². The van der Waals surface area contributed by atoms with Crippen LogP contribution in [0.2, 0.25) is 5.02 Å². The highest BCUT2D eigenvalue weighted by atomic mass is 35.5. The van der Waals surface area contributed by atoms with Crippen molar-refractivity contribution in [3.8, 4) is 0 Å². The summed E-state index contributed by atoms with van der Waals surface area (Å²) in [6.45, 7) is 3.78. The maximum Gasteiger partial charge on any atom is 0.253 e. The number of amides is 2. The van der Waals surface area contributed by atoms with Crippen molar-refractivity contribution < 1.29 is 9.59 Å². The van der Waals surface area contributed by atoms with E-state index in [1.54, 1.807) is 12.1 Å². The van der Waals surface area contributed by atoms with E-state index in [2.05, 4.69) is 27.3 Å². The first-order valence-electron chi connectivity index (χ1n) is 13.6. The molecular weight excluding hydrogens is 496 g/mol. The highest BCUT2D eigenvalue weighted by molar-refractivity contribution is 6.33. The number of halogens is 1. The fourth-order valence-corrected chi connectivity index (χ4v) is 6.66. The number of anilines is 1. The molecule has 0 unspecified atom stereocenters. The van der Waals surface area contributed by atoms with Crippen LogP contribution in [0.15, 0.2) is 67.0 Å². The molecule has 2 fully saturated rings. The lowest BCUT2D eigenvalue weighted by atomic mass is 9.71. The first-order chi connectivity index (χ1) is 18.5. The molecule has 1 aromatic heterocycles. The summed E-state index contributed by atoms with van der Waals surface area (Å²) in [5, 5.41) is 3.58. The van der Waals surface area contributed by atoms with Crippen LogP contribution in [0, 0.1) is 5.41 Å². The van der Waals surface area contributed by atoms with Gasteiger partial charge in [0.15, 0.2) is 0 Å². The van der Waals surface area contributed by atoms with Crippen LogP contribution in [0.25, 0.3) is 0 Å². The van der Waals surface area contributed by atoms with Gasteiger partial charge < -0.3 is 15.1 Å². The van der Waals surface area contributed by atoms with Crippen LogP contribution >= 0.6 is 11.6 Å². The second kappa shape index (κ2) is 10.4. The van der Waals surface area contributed by atoms with Gasteiger partial charge in [-0.3, -0.25) is 14.6 Å². The molecule has 1 aliphatic carbocycles. The number of rotatable bonds is 4. The van der Waals surface area contributed by atoms with Crippen molar-refractivity contribution in [2.24, 2.45) is 5.41 Å². The summed E-state index contributed by atoms with van der Waals surface area (Å²) in [5.41, 5.74) is 5.10. The van der Waals surface area contributed by atoms with E-state index in [1.165, 1.54) is 18.5 Å². The Labute approximate surface area is 229 Å². The van der Waals surface area contributed by atoms with Gasteiger partial charge in [-0.1, -0.05) is 29.8 Å². The average Bonchev–Trinajstić information content (AvgIpc) is 3.36. The molecule has 1 spiro atoms. The summed E-state index contributed by atoms with van der Waals surface area (Å²) in [5.74, 6) is -0.0390.